The highest BCUT2D eigenvalue weighted by atomic mass is 32.2. The van der Waals surface area contributed by atoms with Gasteiger partial charge in [-0.05, 0) is 62.1 Å². The largest absolute Gasteiger partial charge is 0.349 e. The zero-order chi connectivity index (χ0) is 19.6. The van der Waals surface area contributed by atoms with Crippen molar-refractivity contribution in [3.05, 3.63) is 60.2 Å². The molecule has 0 unspecified atom stereocenters. The zero-order valence-electron chi connectivity index (χ0n) is 15.7. The van der Waals surface area contributed by atoms with E-state index in [1.165, 1.54) is 25.0 Å². The summed E-state index contributed by atoms with van der Waals surface area (Å²) in [6, 6.07) is 15.7. The van der Waals surface area contributed by atoms with E-state index in [0.29, 0.717) is 11.3 Å². The molecular weight excluding hydrogens is 374 g/mol. The Bertz CT molecular complexity index is 917. The van der Waals surface area contributed by atoms with Crippen LogP contribution in [0.25, 0.3) is 0 Å². The van der Waals surface area contributed by atoms with E-state index in [1.54, 1.807) is 36.4 Å². The van der Waals surface area contributed by atoms with Crippen LogP contribution in [0, 0.1) is 0 Å². The summed E-state index contributed by atoms with van der Waals surface area (Å²) >= 11 is 0. The van der Waals surface area contributed by atoms with Gasteiger partial charge in [0, 0.05) is 36.4 Å². The van der Waals surface area contributed by atoms with Crippen molar-refractivity contribution >= 4 is 21.6 Å². The number of piperidine rings is 1. The lowest BCUT2D eigenvalue weighted by atomic mass is 10.0. The van der Waals surface area contributed by atoms with E-state index in [-0.39, 0.29) is 16.8 Å². The molecule has 1 amide bonds. The monoisotopic (exact) mass is 399 g/mol. The molecule has 0 aromatic heterocycles. The molecule has 1 aliphatic carbocycles. The molecule has 28 heavy (non-hydrogen) atoms. The Balaban J connectivity index is 1.35. The van der Waals surface area contributed by atoms with E-state index < -0.39 is 10.0 Å². The molecule has 1 saturated carbocycles. The van der Waals surface area contributed by atoms with Gasteiger partial charge in [0.15, 0.2) is 0 Å². The average molecular weight is 400 g/mol. The molecule has 2 aromatic carbocycles. The van der Waals surface area contributed by atoms with Crippen molar-refractivity contribution in [2.45, 2.75) is 42.7 Å². The first-order chi connectivity index (χ1) is 13.5. The third-order valence-corrected chi connectivity index (χ3v) is 6.78. The second-order valence-electron chi connectivity index (χ2n) is 7.51. The summed E-state index contributed by atoms with van der Waals surface area (Å²) in [5.74, 6) is -0.148. The maximum absolute atomic E-state index is 12.5. The standard InChI is InChI=1S/C21H25N3O3S/c25-21(22-17-12-14-24(15-13-17)19-8-9-19)16-6-10-20(11-7-16)28(26,27)23-18-4-2-1-3-5-18/h1-7,10-11,17,19,23H,8-9,12-15H2,(H,22,25). The maximum Gasteiger partial charge on any atom is 0.261 e. The molecule has 1 heterocycles. The van der Waals surface area contributed by atoms with Gasteiger partial charge in [0.05, 0.1) is 4.90 Å². The van der Waals surface area contributed by atoms with Crippen LogP contribution in [0.3, 0.4) is 0 Å². The normalized spacial score (nSPS) is 18.6. The zero-order valence-corrected chi connectivity index (χ0v) is 16.5. The number of hydrogen-bond acceptors (Lipinski definition) is 4. The number of amides is 1. The van der Waals surface area contributed by atoms with Crippen LogP contribution in [0.4, 0.5) is 5.69 Å². The fraction of sp³-hybridized carbons (Fsp3) is 0.381. The van der Waals surface area contributed by atoms with E-state index in [2.05, 4.69) is 14.9 Å². The first kappa shape index (κ1) is 19.0. The third-order valence-electron chi connectivity index (χ3n) is 5.38. The van der Waals surface area contributed by atoms with Crippen LogP contribution >= 0.6 is 0 Å². The number of sulfonamides is 1. The fourth-order valence-corrected chi connectivity index (χ4v) is 4.68. The van der Waals surface area contributed by atoms with Crippen LogP contribution in [0.1, 0.15) is 36.0 Å². The molecule has 6 nitrogen and oxygen atoms in total. The van der Waals surface area contributed by atoms with Crippen LogP contribution in [-0.4, -0.2) is 44.4 Å². The summed E-state index contributed by atoms with van der Waals surface area (Å²) in [5.41, 5.74) is 0.977. The summed E-state index contributed by atoms with van der Waals surface area (Å²) in [6.07, 6.45) is 4.56. The average Bonchev–Trinajstić information content (AvgIpc) is 3.54. The number of para-hydroxylation sites is 1. The van der Waals surface area contributed by atoms with E-state index in [1.807, 2.05) is 6.07 Å². The van der Waals surface area contributed by atoms with Gasteiger partial charge in [0.25, 0.3) is 15.9 Å². The Kier molecular flexibility index (Phi) is 5.37. The minimum Gasteiger partial charge on any atom is -0.349 e. The number of carbonyl (C=O) groups excluding carboxylic acids is 1. The number of rotatable bonds is 6. The Morgan fingerprint density at radius 1 is 0.893 bits per heavy atom. The van der Waals surface area contributed by atoms with Crippen LogP contribution in [0.5, 0.6) is 0 Å². The Morgan fingerprint density at radius 2 is 1.54 bits per heavy atom. The number of anilines is 1. The molecule has 2 fully saturated rings. The molecule has 1 aliphatic heterocycles. The molecule has 148 valence electrons. The molecule has 4 rings (SSSR count). The number of nitrogens with one attached hydrogen (secondary N) is 2. The molecular formula is C21H25N3O3S. The summed E-state index contributed by atoms with van der Waals surface area (Å²) in [7, 11) is -3.68. The minimum absolute atomic E-state index is 0.130. The number of nitrogens with zero attached hydrogens (tertiary/aromatic N) is 1. The van der Waals surface area contributed by atoms with Gasteiger partial charge >= 0.3 is 0 Å². The molecule has 2 aliphatic rings. The van der Waals surface area contributed by atoms with Crippen LogP contribution in [0.15, 0.2) is 59.5 Å². The second-order valence-corrected chi connectivity index (χ2v) is 9.19. The number of benzene rings is 2. The van der Waals surface area contributed by atoms with E-state index in [9.17, 15) is 13.2 Å². The lowest BCUT2D eigenvalue weighted by Gasteiger charge is -2.32. The molecule has 7 heteroatoms. The van der Waals surface area contributed by atoms with Crippen molar-refractivity contribution in [1.82, 2.24) is 10.2 Å². The van der Waals surface area contributed by atoms with Gasteiger partial charge in [-0.3, -0.25) is 9.52 Å². The van der Waals surface area contributed by atoms with Crippen molar-refractivity contribution in [3.8, 4) is 0 Å². The predicted molar refractivity (Wildman–Crippen MR) is 109 cm³/mol. The molecule has 0 spiro atoms. The summed E-state index contributed by atoms with van der Waals surface area (Å²) in [5, 5.41) is 3.08. The highest BCUT2D eigenvalue weighted by molar-refractivity contribution is 7.92. The van der Waals surface area contributed by atoms with Crippen molar-refractivity contribution < 1.29 is 13.2 Å². The van der Waals surface area contributed by atoms with Crippen molar-refractivity contribution in [2.75, 3.05) is 17.8 Å². The Labute approximate surface area is 166 Å². The number of carbonyl (C=O) groups is 1. The van der Waals surface area contributed by atoms with Gasteiger partial charge < -0.3 is 10.2 Å². The van der Waals surface area contributed by atoms with Gasteiger partial charge in [0.2, 0.25) is 0 Å². The summed E-state index contributed by atoms with van der Waals surface area (Å²) < 4.78 is 27.5. The molecule has 0 bridgehead atoms. The van der Waals surface area contributed by atoms with Crippen LogP contribution in [0.2, 0.25) is 0 Å². The molecule has 2 aromatic rings. The maximum atomic E-state index is 12.5. The third kappa shape index (κ3) is 4.54. The van der Waals surface area contributed by atoms with Crippen molar-refractivity contribution in [1.29, 1.82) is 0 Å². The van der Waals surface area contributed by atoms with E-state index >= 15 is 0 Å². The van der Waals surface area contributed by atoms with E-state index in [0.717, 1.165) is 32.0 Å². The molecule has 2 N–H and O–H groups in total. The van der Waals surface area contributed by atoms with Crippen molar-refractivity contribution in [3.63, 3.8) is 0 Å². The summed E-state index contributed by atoms with van der Waals surface area (Å²) in [4.78, 5) is 15.1. The van der Waals surface area contributed by atoms with E-state index in [4.69, 9.17) is 0 Å². The first-order valence-electron chi connectivity index (χ1n) is 9.74. The Morgan fingerprint density at radius 3 is 2.14 bits per heavy atom. The van der Waals surface area contributed by atoms with Gasteiger partial charge in [-0.1, -0.05) is 18.2 Å². The Hall–Kier alpha value is -2.38. The van der Waals surface area contributed by atoms with Gasteiger partial charge in [-0.2, -0.15) is 0 Å². The SMILES string of the molecule is O=C(NC1CCN(C2CC2)CC1)c1ccc(S(=O)(=O)Nc2ccccc2)cc1. The lowest BCUT2D eigenvalue weighted by molar-refractivity contribution is 0.0909. The van der Waals surface area contributed by atoms with Gasteiger partial charge in [0.1, 0.15) is 0 Å². The fourth-order valence-electron chi connectivity index (χ4n) is 3.62. The van der Waals surface area contributed by atoms with Gasteiger partial charge in [-0.25, -0.2) is 8.42 Å². The number of hydrogen-bond donors (Lipinski definition) is 2. The lowest BCUT2D eigenvalue weighted by Crippen LogP contribution is -2.45. The van der Waals surface area contributed by atoms with Crippen molar-refractivity contribution in [2.24, 2.45) is 0 Å². The summed E-state index contributed by atoms with van der Waals surface area (Å²) in [6.45, 7) is 2.08. The molecule has 1 saturated heterocycles. The predicted octanol–water partition coefficient (Wildman–Crippen LogP) is 2.84. The highest BCUT2D eigenvalue weighted by Gasteiger charge is 2.32. The molecule has 0 atom stereocenters. The number of likely N-dealkylation sites (tertiary alicyclic amines) is 1. The topological polar surface area (TPSA) is 78.5 Å². The second kappa shape index (κ2) is 7.93. The van der Waals surface area contributed by atoms with Gasteiger partial charge in [-0.15, -0.1) is 0 Å². The first-order valence-corrected chi connectivity index (χ1v) is 11.2. The minimum atomic E-state index is -3.68. The van der Waals surface area contributed by atoms with Crippen LogP contribution < -0.4 is 10.0 Å². The molecule has 0 radical (unpaired) electrons. The highest BCUT2D eigenvalue weighted by Crippen LogP contribution is 2.29. The van der Waals surface area contributed by atoms with Crippen LogP contribution in [-0.2, 0) is 10.0 Å². The smallest absolute Gasteiger partial charge is 0.261 e. The quantitative estimate of drug-likeness (QED) is 0.783.